The highest BCUT2D eigenvalue weighted by Crippen LogP contribution is 2.24. The lowest BCUT2D eigenvalue weighted by Gasteiger charge is -2.23. The van der Waals surface area contributed by atoms with Crippen molar-refractivity contribution >= 4 is 0 Å². The normalized spacial score (nSPS) is 18.7. The van der Waals surface area contributed by atoms with E-state index < -0.39 is 6.10 Å². The van der Waals surface area contributed by atoms with Crippen LogP contribution in [-0.4, -0.2) is 31.5 Å². The van der Waals surface area contributed by atoms with Gasteiger partial charge in [0.05, 0.1) is 6.61 Å². The fraction of sp³-hybridized carbons (Fsp3) is 0.667. The van der Waals surface area contributed by atoms with E-state index in [1.807, 2.05) is 12.1 Å². The fourth-order valence-electron chi connectivity index (χ4n) is 2.56. The lowest BCUT2D eigenvalue weighted by Crippen LogP contribution is -2.21. The summed E-state index contributed by atoms with van der Waals surface area (Å²) in [6, 6.07) is 8.19. The number of hydrogen-bond donors (Lipinski definition) is 1. The second-order valence-corrected chi connectivity index (χ2v) is 6.98. The van der Waals surface area contributed by atoms with Crippen molar-refractivity contribution in [2.24, 2.45) is 5.92 Å². The molecule has 0 aliphatic carbocycles. The largest absolute Gasteiger partial charge is 0.386 e. The quantitative estimate of drug-likeness (QED) is 0.903. The van der Waals surface area contributed by atoms with E-state index in [-0.39, 0.29) is 5.41 Å². The Morgan fingerprint density at radius 2 is 1.81 bits per heavy atom. The van der Waals surface area contributed by atoms with Gasteiger partial charge < -0.3 is 14.6 Å². The van der Waals surface area contributed by atoms with Crippen LogP contribution in [0.15, 0.2) is 24.3 Å². The first-order valence-corrected chi connectivity index (χ1v) is 7.91. The molecule has 1 heterocycles. The molecular formula is C18H28O3. The molecule has 1 aromatic rings. The monoisotopic (exact) mass is 292 g/mol. The van der Waals surface area contributed by atoms with Crippen molar-refractivity contribution < 1.29 is 14.6 Å². The zero-order valence-electron chi connectivity index (χ0n) is 13.5. The first-order chi connectivity index (χ1) is 9.97. The maximum atomic E-state index is 10.2. The van der Waals surface area contributed by atoms with Gasteiger partial charge in [0.15, 0.2) is 0 Å². The smallest absolute Gasteiger partial charge is 0.102 e. The highest BCUT2D eigenvalue weighted by Gasteiger charge is 2.16. The lowest BCUT2D eigenvalue weighted by molar-refractivity contribution is -0.00966. The molecule has 0 bridgehead atoms. The standard InChI is InChI=1S/C18H28O3/c1-18(2,3)16-6-4-15(5-7-16)17(19)13-21-12-14-8-10-20-11-9-14/h4-7,14,17,19H,8-13H2,1-3H3. The zero-order chi connectivity index (χ0) is 15.3. The van der Waals surface area contributed by atoms with E-state index in [4.69, 9.17) is 9.47 Å². The average Bonchev–Trinajstić information content (AvgIpc) is 2.47. The van der Waals surface area contributed by atoms with Gasteiger partial charge in [-0.3, -0.25) is 0 Å². The van der Waals surface area contributed by atoms with E-state index in [9.17, 15) is 5.11 Å². The third-order valence-corrected chi connectivity index (χ3v) is 4.13. The Bertz CT molecular complexity index is 413. The molecule has 1 N–H and O–H groups in total. The highest BCUT2D eigenvalue weighted by atomic mass is 16.5. The summed E-state index contributed by atoms with van der Waals surface area (Å²) in [4.78, 5) is 0. The Balaban J connectivity index is 1.78. The Labute approximate surface area is 128 Å². The van der Waals surface area contributed by atoms with Crippen molar-refractivity contribution in [3.63, 3.8) is 0 Å². The van der Waals surface area contributed by atoms with Gasteiger partial charge in [-0.05, 0) is 35.3 Å². The molecule has 0 aromatic heterocycles. The number of aliphatic hydroxyl groups is 1. The maximum Gasteiger partial charge on any atom is 0.102 e. The minimum Gasteiger partial charge on any atom is -0.386 e. The molecule has 118 valence electrons. The van der Waals surface area contributed by atoms with Gasteiger partial charge in [0.2, 0.25) is 0 Å². The van der Waals surface area contributed by atoms with Crippen molar-refractivity contribution in [3.8, 4) is 0 Å². The van der Waals surface area contributed by atoms with Crippen LogP contribution in [0.4, 0.5) is 0 Å². The van der Waals surface area contributed by atoms with Crippen LogP contribution in [0.25, 0.3) is 0 Å². The molecule has 1 aliphatic rings. The molecule has 1 atom stereocenters. The van der Waals surface area contributed by atoms with Crippen LogP contribution < -0.4 is 0 Å². The molecule has 1 fully saturated rings. The number of ether oxygens (including phenoxy) is 2. The molecule has 2 rings (SSSR count). The van der Waals surface area contributed by atoms with Crippen molar-refractivity contribution in [2.75, 3.05) is 26.4 Å². The number of benzene rings is 1. The Hall–Kier alpha value is -0.900. The van der Waals surface area contributed by atoms with Crippen LogP contribution in [0.1, 0.15) is 50.8 Å². The molecule has 1 saturated heterocycles. The van der Waals surface area contributed by atoms with Crippen molar-refractivity contribution in [1.29, 1.82) is 0 Å². The van der Waals surface area contributed by atoms with E-state index >= 15 is 0 Å². The zero-order valence-corrected chi connectivity index (χ0v) is 13.5. The first-order valence-electron chi connectivity index (χ1n) is 7.91. The summed E-state index contributed by atoms with van der Waals surface area (Å²) < 4.78 is 11.0. The van der Waals surface area contributed by atoms with Crippen molar-refractivity contribution in [1.82, 2.24) is 0 Å². The Morgan fingerprint density at radius 3 is 2.38 bits per heavy atom. The van der Waals surface area contributed by atoms with Gasteiger partial charge in [0.1, 0.15) is 6.10 Å². The van der Waals surface area contributed by atoms with E-state index in [2.05, 4.69) is 32.9 Å². The molecule has 0 radical (unpaired) electrons. The molecule has 1 aromatic carbocycles. The third kappa shape index (κ3) is 5.10. The van der Waals surface area contributed by atoms with Crippen molar-refractivity contribution in [3.05, 3.63) is 35.4 Å². The van der Waals surface area contributed by atoms with Gasteiger partial charge in [-0.2, -0.15) is 0 Å². The Kier molecular flexibility index (Phi) is 5.80. The van der Waals surface area contributed by atoms with Crippen LogP contribution in [0.3, 0.4) is 0 Å². The van der Waals surface area contributed by atoms with E-state index in [0.29, 0.717) is 12.5 Å². The lowest BCUT2D eigenvalue weighted by atomic mass is 9.86. The Morgan fingerprint density at radius 1 is 1.19 bits per heavy atom. The fourth-order valence-corrected chi connectivity index (χ4v) is 2.56. The predicted octanol–water partition coefficient (Wildman–Crippen LogP) is 3.46. The summed E-state index contributed by atoms with van der Waals surface area (Å²) in [5.74, 6) is 0.578. The van der Waals surface area contributed by atoms with Gasteiger partial charge in [-0.25, -0.2) is 0 Å². The summed E-state index contributed by atoms with van der Waals surface area (Å²) in [5, 5.41) is 10.2. The summed E-state index contributed by atoms with van der Waals surface area (Å²) >= 11 is 0. The highest BCUT2D eigenvalue weighted by molar-refractivity contribution is 5.28. The summed E-state index contributed by atoms with van der Waals surface area (Å²) in [7, 11) is 0. The third-order valence-electron chi connectivity index (χ3n) is 4.13. The second kappa shape index (κ2) is 7.39. The molecule has 0 amide bonds. The van der Waals surface area contributed by atoms with E-state index in [1.54, 1.807) is 0 Å². The molecule has 21 heavy (non-hydrogen) atoms. The second-order valence-electron chi connectivity index (χ2n) is 6.98. The van der Waals surface area contributed by atoms with Gasteiger partial charge in [-0.1, -0.05) is 45.0 Å². The molecular weight excluding hydrogens is 264 g/mol. The maximum absolute atomic E-state index is 10.2. The summed E-state index contributed by atoms with van der Waals surface area (Å²) in [6.45, 7) is 9.34. The SMILES string of the molecule is CC(C)(C)c1ccc(C(O)COCC2CCOCC2)cc1. The minimum absolute atomic E-state index is 0.142. The van der Waals surface area contributed by atoms with Gasteiger partial charge in [0.25, 0.3) is 0 Å². The molecule has 3 nitrogen and oxygen atoms in total. The molecule has 1 aliphatic heterocycles. The summed E-state index contributed by atoms with van der Waals surface area (Å²) in [6.07, 6.45) is 1.59. The molecule has 3 heteroatoms. The van der Waals surface area contributed by atoms with Crippen LogP contribution in [-0.2, 0) is 14.9 Å². The predicted molar refractivity (Wildman–Crippen MR) is 84.5 cm³/mol. The summed E-state index contributed by atoms with van der Waals surface area (Å²) in [5.41, 5.74) is 2.35. The minimum atomic E-state index is -0.543. The number of hydrogen-bond acceptors (Lipinski definition) is 3. The van der Waals surface area contributed by atoms with Crippen molar-refractivity contribution in [2.45, 2.75) is 45.1 Å². The number of rotatable bonds is 5. The van der Waals surface area contributed by atoms with Crippen LogP contribution >= 0.6 is 0 Å². The van der Waals surface area contributed by atoms with E-state index in [1.165, 1.54) is 5.56 Å². The number of aliphatic hydroxyl groups excluding tert-OH is 1. The van der Waals surface area contributed by atoms with Crippen LogP contribution in [0, 0.1) is 5.92 Å². The first kappa shape index (κ1) is 16.5. The average molecular weight is 292 g/mol. The van der Waals surface area contributed by atoms with Gasteiger partial charge >= 0.3 is 0 Å². The topological polar surface area (TPSA) is 38.7 Å². The molecule has 1 unspecified atom stereocenters. The molecule has 0 saturated carbocycles. The van der Waals surface area contributed by atoms with Crippen LogP contribution in [0.5, 0.6) is 0 Å². The molecule has 0 spiro atoms. The van der Waals surface area contributed by atoms with E-state index in [0.717, 1.165) is 38.2 Å². The van der Waals surface area contributed by atoms with Gasteiger partial charge in [-0.15, -0.1) is 0 Å². The van der Waals surface area contributed by atoms with Crippen LogP contribution in [0.2, 0.25) is 0 Å². The van der Waals surface area contributed by atoms with Gasteiger partial charge in [0, 0.05) is 19.8 Å².